The normalized spacial score (nSPS) is 11.7. The van der Waals surface area contributed by atoms with Crippen LogP contribution in [0.3, 0.4) is 0 Å². The Bertz CT molecular complexity index is 1750. The third kappa shape index (κ3) is 4.27. The Morgan fingerprint density at radius 3 is 2.78 bits per heavy atom. The van der Waals surface area contributed by atoms with Crippen LogP contribution >= 0.6 is 11.6 Å². The van der Waals surface area contributed by atoms with Gasteiger partial charge in [-0.15, -0.1) is 0 Å². The summed E-state index contributed by atoms with van der Waals surface area (Å²) in [6, 6.07) is 17.8. The average Bonchev–Trinajstić information content (AvgIpc) is 2.88. The van der Waals surface area contributed by atoms with E-state index in [0.717, 1.165) is 15.3 Å². The fraction of sp³-hybridized carbons (Fsp3) is 0.0769. The van der Waals surface area contributed by atoms with Crippen molar-refractivity contribution < 1.29 is 4.74 Å². The first-order chi connectivity index (χ1) is 17.5. The first-order valence-corrected chi connectivity index (χ1v) is 11.4. The van der Waals surface area contributed by atoms with Gasteiger partial charge in [-0.3, -0.25) is 9.78 Å². The van der Waals surface area contributed by atoms with Crippen molar-refractivity contribution in [2.24, 2.45) is 10.8 Å². The van der Waals surface area contributed by atoms with Crippen molar-refractivity contribution in [1.82, 2.24) is 20.0 Å². The highest BCUT2D eigenvalue weighted by Gasteiger charge is 2.14. The summed E-state index contributed by atoms with van der Waals surface area (Å²) in [6.45, 7) is 0.0928. The lowest BCUT2D eigenvalue weighted by Crippen LogP contribution is -2.33. The maximum atomic E-state index is 13.4. The Morgan fingerprint density at radius 2 is 1.94 bits per heavy atom. The topological polar surface area (TPSA) is 127 Å². The number of aromatic amines is 1. The van der Waals surface area contributed by atoms with Gasteiger partial charge in [0, 0.05) is 34.6 Å². The van der Waals surface area contributed by atoms with Gasteiger partial charge < -0.3 is 20.9 Å². The molecule has 0 radical (unpaired) electrons. The van der Waals surface area contributed by atoms with E-state index >= 15 is 0 Å². The number of hydrazone groups is 1. The highest BCUT2D eigenvalue weighted by atomic mass is 35.5. The molecule has 5 rings (SSSR count). The van der Waals surface area contributed by atoms with Gasteiger partial charge in [-0.2, -0.15) is 5.10 Å². The molecule has 0 unspecified atom stereocenters. The minimum Gasteiger partial charge on any atom is -0.486 e. The summed E-state index contributed by atoms with van der Waals surface area (Å²) in [6.07, 6.45) is 3.20. The number of amidine groups is 1. The average molecular weight is 501 g/mol. The minimum absolute atomic E-state index is 0.0928. The zero-order valence-electron chi connectivity index (χ0n) is 19.2. The molecule has 3 aromatic carbocycles. The fourth-order valence-corrected chi connectivity index (χ4v) is 4.26. The maximum Gasteiger partial charge on any atom is 0.333 e. The molecule has 0 saturated carbocycles. The van der Waals surface area contributed by atoms with Crippen molar-refractivity contribution in [3.8, 4) is 22.6 Å². The van der Waals surface area contributed by atoms with Gasteiger partial charge in [0.1, 0.15) is 12.4 Å². The van der Waals surface area contributed by atoms with Gasteiger partial charge in [-0.1, -0.05) is 41.9 Å². The van der Waals surface area contributed by atoms with Crippen molar-refractivity contribution >= 4 is 39.1 Å². The van der Waals surface area contributed by atoms with Crippen LogP contribution in [0, 0.1) is 0 Å². The van der Waals surface area contributed by atoms with Gasteiger partial charge in [-0.25, -0.2) is 9.36 Å². The van der Waals surface area contributed by atoms with E-state index in [0.29, 0.717) is 38.5 Å². The van der Waals surface area contributed by atoms with Gasteiger partial charge in [0.15, 0.2) is 5.84 Å². The number of rotatable bonds is 6. The molecule has 36 heavy (non-hydrogen) atoms. The standard InChI is InChI=1S/C26H21ClN6O3/c1-29-32-24(28)14-36-17-7-9-21(27)20(11-17)15-6-8-19-22(10-15)31-26(35)33(25(19)34)23-13-30-12-16-4-2-3-5-18(16)23/h2-13,29H,14H2,1H3,(H2,28,32)(H,31,35). The molecular weight excluding hydrogens is 480 g/mol. The third-order valence-corrected chi connectivity index (χ3v) is 6.01. The minimum atomic E-state index is -0.565. The molecule has 0 saturated heterocycles. The molecule has 0 aliphatic rings. The summed E-state index contributed by atoms with van der Waals surface area (Å²) in [5, 5.41) is 6.27. The summed E-state index contributed by atoms with van der Waals surface area (Å²) < 4.78 is 6.80. The molecule has 0 bridgehead atoms. The van der Waals surface area contributed by atoms with Crippen molar-refractivity contribution in [3.05, 3.63) is 98.9 Å². The molecule has 5 aromatic rings. The first kappa shape index (κ1) is 23.1. The van der Waals surface area contributed by atoms with Crippen LogP contribution in [0.15, 0.2) is 87.7 Å². The molecule has 4 N–H and O–H groups in total. The van der Waals surface area contributed by atoms with Crippen LogP contribution in [-0.2, 0) is 0 Å². The number of ether oxygens (including phenoxy) is 1. The van der Waals surface area contributed by atoms with Gasteiger partial charge >= 0.3 is 5.69 Å². The van der Waals surface area contributed by atoms with Gasteiger partial charge in [-0.05, 0) is 35.9 Å². The van der Waals surface area contributed by atoms with E-state index in [1.807, 2.05) is 24.3 Å². The van der Waals surface area contributed by atoms with Crippen LogP contribution < -0.4 is 27.1 Å². The number of nitrogens with two attached hydrogens (primary N) is 1. The Morgan fingerprint density at radius 1 is 1.11 bits per heavy atom. The molecule has 0 spiro atoms. The SMILES string of the molecule is CN/N=C(\N)COc1ccc(Cl)c(-c2ccc3c(=O)n(-c4cncc5ccccc45)c(=O)[nH]c3c2)c1. The summed E-state index contributed by atoms with van der Waals surface area (Å²) >= 11 is 6.46. The van der Waals surface area contributed by atoms with Gasteiger partial charge in [0.2, 0.25) is 0 Å². The molecule has 2 aromatic heterocycles. The van der Waals surface area contributed by atoms with Crippen LogP contribution in [0.2, 0.25) is 5.02 Å². The van der Waals surface area contributed by atoms with Crippen molar-refractivity contribution in [3.63, 3.8) is 0 Å². The molecule has 9 nitrogen and oxygen atoms in total. The van der Waals surface area contributed by atoms with E-state index in [1.165, 1.54) is 6.20 Å². The number of nitrogens with one attached hydrogen (secondary N) is 2. The second kappa shape index (κ2) is 9.55. The van der Waals surface area contributed by atoms with Crippen LogP contribution in [0.4, 0.5) is 0 Å². The molecule has 0 fully saturated rings. The van der Waals surface area contributed by atoms with Crippen LogP contribution in [0.5, 0.6) is 5.75 Å². The number of hydrogen-bond donors (Lipinski definition) is 3. The number of fused-ring (bicyclic) bond motifs is 2. The lowest BCUT2D eigenvalue weighted by molar-refractivity contribution is 0.374. The highest BCUT2D eigenvalue weighted by Crippen LogP contribution is 2.32. The van der Waals surface area contributed by atoms with Crippen LogP contribution in [0.25, 0.3) is 38.5 Å². The third-order valence-electron chi connectivity index (χ3n) is 5.68. The Balaban J connectivity index is 1.58. The maximum absolute atomic E-state index is 13.4. The summed E-state index contributed by atoms with van der Waals surface area (Å²) in [4.78, 5) is 33.5. The number of nitrogens with zero attached hydrogens (tertiary/aromatic N) is 3. The van der Waals surface area contributed by atoms with E-state index in [2.05, 4.69) is 20.5 Å². The quantitative estimate of drug-likeness (QED) is 0.186. The summed E-state index contributed by atoms with van der Waals surface area (Å²) in [7, 11) is 1.64. The Labute approximate surface area is 209 Å². The molecule has 0 aliphatic carbocycles. The molecular formula is C26H21ClN6O3. The Hall–Kier alpha value is -4.63. The van der Waals surface area contributed by atoms with E-state index in [1.54, 1.807) is 49.6 Å². The molecule has 180 valence electrons. The lowest BCUT2D eigenvalue weighted by Gasteiger charge is -2.12. The molecule has 0 atom stereocenters. The van der Waals surface area contributed by atoms with E-state index in [9.17, 15) is 9.59 Å². The highest BCUT2D eigenvalue weighted by molar-refractivity contribution is 6.33. The molecule has 10 heteroatoms. The van der Waals surface area contributed by atoms with Gasteiger partial charge in [0.25, 0.3) is 5.56 Å². The van der Waals surface area contributed by atoms with E-state index in [4.69, 9.17) is 22.1 Å². The predicted octanol–water partition coefficient (Wildman–Crippen LogP) is 3.42. The van der Waals surface area contributed by atoms with Crippen molar-refractivity contribution in [2.45, 2.75) is 0 Å². The summed E-state index contributed by atoms with van der Waals surface area (Å²) in [5.41, 5.74) is 9.52. The fourth-order valence-electron chi connectivity index (χ4n) is 4.03. The number of H-pyrrole nitrogens is 1. The number of aromatic nitrogens is 3. The number of pyridine rings is 1. The summed E-state index contributed by atoms with van der Waals surface area (Å²) in [5.74, 6) is 0.825. The van der Waals surface area contributed by atoms with E-state index in [-0.39, 0.29) is 12.4 Å². The zero-order valence-corrected chi connectivity index (χ0v) is 19.9. The predicted molar refractivity (Wildman–Crippen MR) is 142 cm³/mol. The smallest absolute Gasteiger partial charge is 0.333 e. The van der Waals surface area contributed by atoms with Gasteiger partial charge in [0.05, 0.1) is 22.8 Å². The van der Waals surface area contributed by atoms with Crippen molar-refractivity contribution in [1.29, 1.82) is 0 Å². The number of hydrogen-bond acceptors (Lipinski definition) is 6. The molecule has 0 aliphatic heterocycles. The monoisotopic (exact) mass is 500 g/mol. The lowest BCUT2D eigenvalue weighted by atomic mass is 10.0. The first-order valence-electron chi connectivity index (χ1n) is 11.0. The molecule has 0 amide bonds. The zero-order chi connectivity index (χ0) is 25.2. The van der Waals surface area contributed by atoms with Crippen LogP contribution in [-0.4, -0.2) is 34.0 Å². The second-order valence-electron chi connectivity index (χ2n) is 7.97. The molecule has 2 heterocycles. The van der Waals surface area contributed by atoms with Crippen molar-refractivity contribution in [2.75, 3.05) is 13.7 Å². The second-order valence-corrected chi connectivity index (χ2v) is 8.38. The van der Waals surface area contributed by atoms with E-state index < -0.39 is 11.2 Å². The number of halogens is 1. The largest absolute Gasteiger partial charge is 0.486 e. The van der Waals surface area contributed by atoms with Crippen LogP contribution in [0.1, 0.15) is 0 Å². The Kier molecular flexibility index (Phi) is 6.14. The number of benzene rings is 3.